The lowest BCUT2D eigenvalue weighted by Crippen LogP contribution is -1.98. The second kappa shape index (κ2) is 8.39. The summed E-state index contributed by atoms with van der Waals surface area (Å²) < 4.78 is 12.5. The quantitative estimate of drug-likeness (QED) is 0.248. The molecule has 2 heteroatoms. The molecule has 6 rings (SSSR count). The Morgan fingerprint density at radius 2 is 0.618 bits per heavy atom. The van der Waals surface area contributed by atoms with Crippen molar-refractivity contribution in [3.8, 4) is 22.6 Å². The van der Waals surface area contributed by atoms with E-state index >= 15 is 0 Å². The molecule has 2 nitrogen and oxygen atoms in total. The Bertz CT molecular complexity index is 1440. The van der Waals surface area contributed by atoms with Crippen LogP contribution in [0.4, 0.5) is 0 Å². The molecule has 0 aliphatic heterocycles. The van der Waals surface area contributed by atoms with Gasteiger partial charge >= 0.3 is 0 Å². The fourth-order valence-electron chi connectivity index (χ4n) is 5.32. The molecule has 6 aromatic carbocycles. The van der Waals surface area contributed by atoms with Crippen molar-refractivity contribution in [2.75, 3.05) is 13.2 Å². The molecule has 0 fully saturated rings. The van der Waals surface area contributed by atoms with Crippen LogP contribution in [0.15, 0.2) is 97.1 Å². The van der Waals surface area contributed by atoms with Crippen molar-refractivity contribution in [1.29, 1.82) is 0 Å². The van der Waals surface area contributed by atoms with Gasteiger partial charge < -0.3 is 9.47 Å². The standard InChI is InChI=1S/C32H26O2/c1-3-33-31-25-17-9-5-13-21(25)29(22-14-6-10-18-26(22)31)30-23-15-7-11-19-27(23)32(34-4-2)28-20-12-8-16-24(28)30/h5-20H,3-4H2,1-2H3. The van der Waals surface area contributed by atoms with Crippen molar-refractivity contribution < 1.29 is 9.47 Å². The molecule has 6 aromatic rings. The molecule has 0 spiro atoms. The number of benzene rings is 6. The van der Waals surface area contributed by atoms with Crippen molar-refractivity contribution in [1.82, 2.24) is 0 Å². The Morgan fingerprint density at radius 1 is 0.382 bits per heavy atom. The molecule has 0 bridgehead atoms. The largest absolute Gasteiger partial charge is 0.493 e. The second-order valence-electron chi connectivity index (χ2n) is 8.46. The molecule has 0 heterocycles. The molecule has 0 aliphatic carbocycles. The first kappa shape index (κ1) is 20.6. The Kier molecular flexibility index (Phi) is 5.07. The van der Waals surface area contributed by atoms with Gasteiger partial charge in [0, 0.05) is 21.5 Å². The molecule has 0 amide bonds. The molecule has 34 heavy (non-hydrogen) atoms. The van der Waals surface area contributed by atoms with Crippen LogP contribution in [0.25, 0.3) is 54.2 Å². The first-order chi connectivity index (χ1) is 16.8. The number of ether oxygens (including phenoxy) is 2. The van der Waals surface area contributed by atoms with E-state index in [0.29, 0.717) is 13.2 Å². The van der Waals surface area contributed by atoms with Crippen LogP contribution in [-0.2, 0) is 0 Å². The maximum absolute atomic E-state index is 6.23. The summed E-state index contributed by atoms with van der Waals surface area (Å²) in [6.45, 7) is 5.35. The van der Waals surface area contributed by atoms with Crippen LogP contribution in [0.5, 0.6) is 11.5 Å². The summed E-state index contributed by atoms with van der Waals surface area (Å²) in [6.07, 6.45) is 0. The minimum atomic E-state index is 0.627. The summed E-state index contributed by atoms with van der Waals surface area (Å²) in [4.78, 5) is 0. The number of hydrogen-bond acceptors (Lipinski definition) is 2. The van der Waals surface area contributed by atoms with E-state index in [-0.39, 0.29) is 0 Å². The molecule has 0 atom stereocenters. The molecule has 166 valence electrons. The summed E-state index contributed by atoms with van der Waals surface area (Å²) in [6, 6.07) is 34.5. The Hall–Kier alpha value is -4.04. The number of fused-ring (bicyclic) bond motifs is 4. The highest BCUT2D eigenvalue weighted by Crippen LogP contribution is 2.49. The number of hydrogen-bond donors (Lipinski definition) is 0. The molecule has 0 aliphatic rings. The molecule has 0 aromatic heterocycles. The first-order valence-electron chi connectivity index (χ1n) is 12.0. The van der Waals surface area contributed by atoms with Crippen molar-refractivity contribution in [3.05, 3.63) is 97.1 Å². The highest BCUT2D eigenvalue weighted by molar-refractivity contribution is 6.26. The smallest absolute Gasteiger partial charge is 0.134 e. The van der Waals surface area contributed by atoms with Gasteiger partial charge in [0.1, 0.15) is 11.5 Å². The molecule has 0 N–H and O–H groups in total. The molecule has 0 unspecified atom stereocenters. The lowest BCUT2D eigenvalue weighted by atomic mass is 9.85. The van der Waals surface area contributed by atoms with E-state index in [1.165, 1.54) is 32.7 Å². The van der Waals surface area contributed by atoms with E-state index in [1.54, 1.807) is 0 Å². The normalized spacial score (nSPS) is 11.5. The minimum absolute atomic E-state index is 0.627. The predicted molar refractivity (Wildman–Crippen MR) is 144 cm³/mol. The van der Waals surface area contributed by atoms with E-state index < -0.39 is 0 Å². The Morgan fingerprint density at radius 3 is 0.853 bits per heavy atom. The van der Waals surface area contributed by atoms with Crippen LogP contribution in [0.3, 0.4) is 0 Å². The Balaban J connectivity index is 1.90. The fourth-order valence-corrected chi connectivity index (χ4v) is 5.32. The summed E-state index contributed by atoms with van der Waals surface area (Å²) >= 11 is 0. The second-order valence-corrected chi connectivity index (χ2v) is 8.46. The fraction of sp³-hybridized carbons (Fsp3) is 0.125. The molecule has 0 saturated carbocycles. The summed E-state index contributed by atoms with van der Waals surface area (Å²) in [7, 11) is 0. The van der Waals surface area contributed by atoms with Crippen LogP contribution < -0.4 is 9.47 Å². The summed E-state index contributed by atoms with van der Waals surface area (Å²) in [5.74, 6) is 1.91. The first-order valence-corrected chi connectivity index (χ1v) is 12.0. The topological polar surface area (TPSA) is 18.5 Å². The van der Waals surface area contributed by atoms with Crippen molar-refractivity contribution in [2.45, 2.75) is 13.8 Å². The zero-order valence-electron chi connectivity index (χ0n) is 19.5. The third-order valence-corrected chi connectivity index (χ3v) is 6.59. The van der Waals surface area contributed by atoms with Gasteiger partial charge in [-0.15, -0.1) is 0 Å². The lowest BCUT2D eigenvalue weighted by molar-refractivity contribution is 0.348. The lowest BCUT2D eigenvalue weighted by Gasteiger charge is -2.21. The van der Waals surface area contributed by atoms with Crippen molar-refractivity contribution in [3.63, 3.8) is 0 Å². The Labute approximate surface area is 199 Å². The van der Waals surface area contributed by atoms with E-state index in [0.717, 1.165) is 33.0 Å². The third-order valence-electron chi connectivity index (χ3n) is 6.59. The third kappa shape index (κ3) is 3.03. The van der Waals surface area contributed by atoms with E-state index in [1.807, 2.05) is 13.8 Å². The van der Waals surface area contributed by atoms with Crippen LogP contribution in [0.2, 0.25) is 0 Å². The average molecular weight is 443 g/mol. The van der Waals surface area contributed by atoms with Gasteiger partial charge in [-0.05, 0) is 46.5 Å². The zero-order chi connectivity index (χ0) is 23.1. The highest BCUT2D eigenvalue weighted by atomic mass is 16.5. The van der Waals surface area contributed by atoms with Gasteiger partial charge in [-0.25, -0.2) is 0 Å². The molecular formula is C32H26O2. The van der Waals surface area contributed by atoms with Gasteiger partial charge in [0.25, 0.3) is 0 Å². The zero-order valence-corrected chi connectivity index (χ0v) is 19.5. The van der Waals surface area contributed by atoms with Gasteiger partial charge in [0.15, 0.2) is 0 Å². The van der Waals surface area contributed by atoms with E-state index in [9.17, 15) is 0 Å². The van der Waals surface area contributed by atoms with Gasteiger partial charge in [-0.2, -0.15) is 0 Å². The predicted octanol–water partition coefficient (Wildman–Crippen LogP) is 8.76. The number of rotatable bonds is 5. The molecular weight excluding hydrogens is 416 g/mol. The summed E-state index contributed by atoms with van der Waals surface area (Å²) in [5.41, 5.74) is 2.48. The van der Waals surface area contributed by atoms with Crippen LogP contribution in [-0.4, -0.2) is 13.2 Å². The van der Waals surface area contributed by atoms with Crippen molar-refractivity contribution >= 4 is 43.1 Å². The average Bonchev–Trinajstić information content (AvgIpc) is 2.89. The van der Waals surface area contributed by atoms with E-state index in [4.69, 9.17) is 9.47 Å². The molecule has 0 radical (unpaired) electrons. The molecule has 0 saturated heterocycles. The monoisotopic (exact) mass is 442 g/mol. The van der Waals surface area contributed by atoms with Crippen LogP contribution in [0, 0.1) is 0 Å². The van der Waals surface area contributed by atoms with Crippen molar-refractivity contribution in [2.24, 2.45) is 0 Å². The van der Waals surface area contributed by atoms with Crippen LogP contribution in [0.1, 0.15) is 13.8 Å². The van der Waals surface area contributed by atoms with Crippen LogP contribution >= 0.6 is 0 Å². The SMILES string of the molecule is CCOc1c2ccccc2c(-c2c3ccccc3c(OCC)c3ccccc23)c2ccccc12. The summed E-state index contributed by atoms with van der Waals surface area (Å²) in [5, 5.41) is 9.35. The minimum Gasteiger partial charge on any atom is -0.493 e. The van der Waals surface area contributed by atoms with E-state index in [2.05, 4.69) is 97.1 Å². The van der Waals surface area contributed by atoms with Gasteiger partial charge in [0.05, 0.1) is 13.2 Å². The van der Waals surface area contributed by atoms with Gasteiger partial charge in [-0.1, -0.05) is 97.1 Å². The van der Waals surface area contributed by atoms with Gasteiger partial charge in [-0.3, -0.25) is 0 Å². The van der Waals surface area contributed by atoms with Gasteiger partial charge in [0.2, 0.25) is 0 Å². The maximum atomic E-state index is 6.23. The highest BCUT2D eigenvalue weighted by Gasteiger charge is 2.21. The maximum Gasteiger partial charge on any atom is 0.134 e.